The zero-order chi connectivity index (χ0) is 18.5. The first-order valence-electron chi connectivity index (χ1n) is 10.3. The van der Waals surface area contributed by atoms with Crippen LogP contribution in [0.2, 0.25) is 17.6 Å². The predicted octanol–water partition coefficient (Wildman–Crippen LogP) is 6.91. The van der Waals surface area contributed by atoms with E-state index in [0.29, 0.717) is 12.0 Å². The van der Waals surface area contributed by atoms with Gasteiger partial charge in [-0.05, 0) is 54.3 Å². The molecule has 2 aliphatic rings. The van der Waals surface area contributed by atoms with Crippen LogP contribution in [0.1, 0.15) is 69.3 Å². The van der Waals surface area contributed by atoms with Crippen LogP contribution in [0.25, 0.3) is 0 Å². The molecule has 1 aromatic carbocycles. The van der Waals surface area contributed by atoms with Crippen molar-refractivity contribution < 1.29 is 17.6 Å². The number of benzene rings is 1. The third kappa shape index (κ3) is 4.90. The number of unbranched alkanes of at least 4 members (excludes halogenated alkanes) is 1. The summed E-state index contributed by atoms with van der Waals surface area (Å²) >= 11 is 0. The smallest absolute Gasteiger partial charge is 0.194 e. The van der Waals surface area contributed by atoms with Crippen LogP contribution in [0.3, 0.4) is 0 Å². The number of halogens is 4. The van der Waals surface area contributed by atoms with Crippen LogP contribution >= 0.6 is 0 Å². The van der Waals surface area contributed by atoms with Crippen molar-refractivity contribution >= 4 is 8.80 Å². The van der Waals surface area contributed by atoms with Crippen molar-refractivity contribution in [1.82, 2.24) is 0 Å². The van der Waals surface area contributed by atoms with Crippen molar-refractivity contribution in [2.24, 2.45) is 5.92 Å². The summed E-state index contributed by atoms with van der Waals surface area (Å²) in [6.07, 6.45) is 10.2. The van der Waals surface area contributed by atoms with Crippen molar-refractivity contribution in [3.63, 3.8) is 0 Å². The van der Waals surface area contributed by atoms with Crippen molar-refractivity contribution in [3.8, 4) is 0 Å². The summed E-state index contributed by atoms with van der Waals surface area (Å²) in [5.74, 6) is -2.51. The Hall–Kier alpha value is -0.843. The number of alkyl halides is 1. The fraction of sp³-hybridized carbons (Fsp3) is 0.714. The minimum Gasteiger partial charge on any atom is -0.251 e. The maximum Gasteiger partial charge on any atom is 0.194 e. The third-order valence-corrected chi connectivity index (χ3v) is 11.0. The molecule has 26 heavy (non-hydrogen) atoms. The summed E-state index contributed by atoms with van der Waals surface area (Å²) in [4.78, 5) is 0. The van der Waals surface area contributed by atoms with Crippen molar-refractivity contribution in [3.05, 3.63) is 35.1 Å². The molecular formula is C21H30F4Si. The Morgan fingerprint density at radius 3 is 2.04 bits per heavy atom. The van der Waals surface area contributed by atoms with E-state index in [0.717, 1.165) is 30.7 Å². The summed E-state index contributed by atoms with van der Waals surface area (Å²) in [6.45, 7) is -0.187. The molecule has 5 heteroatoms. The van der Waals surface area contributed by atoms with Gasteiger partial charge in [-0.15, -0.1) is 0 Å². The monoisotopic (exact) mass is 386 g/mol. The van der Waals surface area contributed by atoms with Gasteiger partial charge in [0.25, 0.3) is 0 Å². The average Bonchev–Trinajstić information content (AvgIpc) is 2.67. The summed E-state index contributed by atoms with van der Waals surface area (Å²) in [6, 6.07) is 4.85. The zero-order valence-electron chi connectivity index (χ0n) is 15.5. The largest absolute Gasteiger partial charge is 0.251 e. The van der Waals surface area contributed by atoms with E-state index in [2.05, 4.69) is 0 Å². The number of hydrogen-bond donors (Lipinski definition) is 0. The lowest BCUT2D eigenvalue weighted by molar-refractivity contribution is 0.318. The van der Waals surface area contributed by atoms with Crippen LogP contribution in [-0.4, -0.2) is 15.5 Å². The molecule has 0 aromatic heterocycles. The molecule has 3 rings (SSSR count). The molecule has 1 aromatic rings. The van der Waals surface area contributed by atoms with Gasteiger partial charge in [-0.2, -0.15) is 0 Å². The highest BCUT2D eigenvalue weighted by atomic mass is 28.3. The molecule has 0 spiro atoms. The van der Waals surface area contributed by atoms with Crippen molar-refractivity contribution in [2.75, 3.05) is 6.67 Å². The van der Waals surface area contributed by atoms with Gasteiger partial charge in [-0.3, -0.25) is 4.39 Å². The zero-order valence-corrected chi connectivity index (χ0v) is 16.6. The van der Waals surface area contributed by atoms with E-state index in [1.807, 2.05) is 0 Å². The molecule has 0 radical (unpaired) electrons. The Labute approximate surface area is 156 Å². The Balaban J connectivity index is 1.46. The van der Waals surface area contributed by atoms with Gasteiger partial charge in [-0.25, -0.2) is 13.2 Å². The van der Waals surface area contributed by atoms with E-state index in [1.165, 1.54) is 56.3 Å². The van der Waals surface area contributed by atoms with E-state index >= 15 is 0 Å². The fourth-order valence-corrected chi connectivity index (χ4v) is 9.43. The minimum absolute atomic E-state index is 0.181. The highest BCUT2D eigenvalue weighted by Gasteiger charge is 2.32. The van der Waals surface area contributed by atoms with Crippen LogP contribution in [0.15, 0.2) is 12.1 Å². The fourth-order valence-electron chi connectivity index (χ4n) is 5.21. The molecule has 1 heterocycles. The van der Waals surface area contributed by atoms with Gasteiger partial charge >= 0.3 is 0 Å². The molecule has 1 saturated carbocycles. The van der Waals surface area contributed by atoms with Gasteiger partial charge < -0.3 is 0 Å². The molecule has 2 fully saturated rings. The Bertz CT molecular complexity index is 552. The second-order valence-corrected chi connectivity index (χ2v) is 12.0. The molecule has 1 aliphatic carbocycles. The van der Waals surface area contributed by atoms with E-state index in [1.54, 1.807) is 0 Å². The van der Waals surface area contributed by atoms with Gasteiger partial charge in [0.1, 0.15) is 0 Å². The highest BCUT2D eigenvalue weighted by molar-refractivity contribution is 6.60. The first-order valence-corrected chi connectivity index (χ1v) is 12.6. The van der Waals surface area contributed by atoms with Gasteiger partial charge in [0.2, 0.25) is 0 Å². The van der Waals surface area contributed by atoms with Crippen LogP contribution in [0, 0.1) is 23.4 Å². The Morgan fingerprint density at radius 1 is 0.846 bits per heavy atom. The van der Waals surface area contributed by atoms with Gasteiger partial charge in [0.05, 0.1) is 6.67 Å². The maximum absolute atomic E-state index is 13.5. The van der Waals surface area contributed by atoms with E-state index < -0.39 is 26.2 Å². The van der Waals surface area contributed by atoms with E-state index in [-0.39, 0.29) is 12.6 Å². The summed E-state index contributed by atoms with van der Waals surface area (Å²) in [5.41, 5.74) is 1.54. The lowest BCUT2D eigenvalue weighted by Crippen LogP contribution is -2.29. The quantitative estimate of drug-likeness (QED) is 0.216. The van der Waals surface area contributed by atoms with E-state index in [4.69, 9.17) is 0 Å². The van der Waals surface area contributed by atoms with Crippen LogP contribution < -0.4 is 0 Å². The SMILES string of the molecule is FCCCC[C@H]1CC[C@H]([Si@H]2CC[C@H](c3cc(F)c(F)c(F)c3)CC2)CC1. The molecular weight excluding hydrogens is 356 g/mol. The molecule has 0 atom stereocenters. The summed E-state index contributed by atoms with van der Waals surface area (Å²) in [5, 5.41) is 0. The summed E-state index contributed by atoms with van der Waals surface area (Å²) < 4.78 is 52.3. The standard InChI is InChI=1S/C21H30F4Si/c22-10-2-1-3-15-4-6-18(7-5-15)26-11-8-16(9-12-26)17-13-19(23)21(25)20(24)14-17/h13-16,18,26H,1-12H2/t15-,16-,18-,26-. The first kappa shape index (κ1) is 19.9. The van der Waals surface area contributed by atoms with E-state index in [9.17, 15) is 17.6 Å². The molecule has 0 nitrogen and oxygen atoms in total. The Kier molecular flexibility index (Phi) is 7.18. The van der Waals surface area contributed by atoms with Gasteiger partial charge in [-0.1, -0.05) is 50.6 Å². The second-order valence-electron chi connectivity index (χ2n) is 8.38. The number of rotatable bonds is 6. The van der Waals surface area contributed by atoms with Gasteiger partial charge in [0, 0.05) is 8.80 Å². The first-order chi connectivity index (χ1) is 12.6. The lowest BCUT2D eigenvalue weighted by atomic mass is 9.85. The topological polar surface area (TPSA) is 0 Å². The lowest BCUT2D eigenvalue weighted by Gasteiger charge is -2.37. The summed E-state index contributed by atoms with van der Waals surface area (Å²) in [7, 11) is -0.786. The van der Waals surface area contributed by atoms with Crippen molar-refractivity contribution in [1.29, 1.82) is 0 Å². The van der Waals surface area contributed by atoms with Gasteiger partial charge in [0.15, 0.2) is 17.5 Å². The van der Waals surface area contributed by atoms with Crippen LogP contribution in [0.5, 0.6) is 0 Å². The molecule has 0 N–H and O–H groups in total. The highest BCUT2D eigenvalue weighted by Crippen LogP contribution is 2.44. The normalized spacial score (nSPS) is 29.7. The molecule has 146 valence electrons. The third-order valence-electron chi connectivity index (χ3n) is 6.80. The predicted molar refractivity (Wildman–Crippen MR) is 101 cm³/mol. The molecule has 1 saturated heterocycles. The second kappa shape index (κ2) is 9.38. The minimum atomic E-state index is -1.36. The molecule has 1 aliphatic heterocycles. The maximum atomic E-state index is 13.5. The number of hydrogen-bond acceptors (Lipinski definition) is 0. The van der Waals surface area contributed by atoms with Crippen LogP contribution in [-0.2, 0) is 0 Å². The Morgan fingerprint density at radius 2 is 1.46 bits per heavy atom. The van der Waals surface area contributed by atoms with Crippen LogP contribution in [0.4, 0.5) is 17.6 Å². The molecule has 0 amide bonds. The average molecular weight is 387 g/mol. The van der Waals surface area contributed by atoms with Crippen molar-refractivity contribution in [2.45, 2.75) is 81.3 Å². The molecule has 0 bridgehead atoms. The molecule has 0 unspecified atom stereocenters.